The van der Waals surface area contributed by atoms with Gasteiger partial charge < -0.3 is 19.7 Å². The van der Waals surface area contributed by atoms with Gasteiger partial charge in [-0.2, -0.15) is 0 Å². The van der Waals surface area contributed by atoms with Gasteiger partial charge in [-0.25, -0.2) is 9.18 Å². The number of fused-ring (bicyclic) bond motifs is 1. The average Bonchev–Trinajstić information content (AvgIpc) is 3.03. The summed E-state index contributed by atoms with van der Waals surface area (Å²) < 4.78 is 18.7. The number of carbonyl (C=O) groups is 1. The number of hydrogen-bond acceptors (Lipinski definition) is 5. The van der Waals surface area contributed by atoms with E-state index in [1.807, 2.05) is 4.90 Å². The van der Waals surface area contributed by atoms with Crippen LogP contribution < -0.4 is 16.0 Å². The number of rotatable bonds is 4. The van der Waals surface area contributed by atoms with E-state index in [4.69, 9.17) is 16.0 Å². The Bertz CT molecular complexity index is 1120. The fourth-order valence-corrected chi connectivity index (χ4v) is 3.68. The lowest BCUT2D eigenvalue weighted by Gasteiger charge is -2.39. The molecule has 1 amide bonds. The molecule has 0 unspecified atom stereocenters. The predicted octanol–water partition coefficient (Wildman–Crippen LogP) is 3.27. The van der Waals surface area contributed by atoms with Crippen molar-refractivity contribution in [3.8, 4) is 0 Å². The Balaban J connectivity index is 1.36. The molecule has 1 fully saturated rings. The number of carbonyl (C=O) groups excluding carboxylic acids is 1. The Hall–Kier alpha value is -2.84. The number of anilines is 2. The number of nitrogens with zero attached hydrogens (tertiary/aromatic N) is 1. The molecule has 1 aromatic heterocycles. The molecular formula is C20H19ClFN3O4. The van der Waals surface area contributed by atoms with Crippen LogP contribution in [0.5, 0.6) is 0 Å². The highest BCUT2D eigenvalue weighted by Crippen LogP contribution is 2.30. The van der Waals surface area contributed by atoms with Crippen LogP contribution in [0.15, 0.2) is 45.6 Å². The van der Waals surface area contributed by atoms with Gasteiger partial charge in [0.25, 0.3) is 0 Å². The molecule has 1 aliphatic heterocycles. The third-order valence-corrected chi connectivity index (χ3v) is 5.46. The summed E-state index contributed by atoms with van der Waals surface area (Å²) in [5.74, 6) is -1.39. The predicted molar refractivity (Wildman–Crippen MR) is 108 cm³/mol. The number of aliphatic hydroxyl groups is 1. The molecule has 9 heteroatoms. The second-order valence-corrected chi connectivity index (χ2v) is 7.67. The topological polar surface area (TPSA) is 98.6 Å². The van der Waals surface area contributed by atoms with Crippen LogP contribution in [0.1, 0.15) is 19.3 Å². The van der Waals surface area contributed by atoms with E-state index >= 15 is 0 Å². The third-order valence-electron chi connectivity index (χ3n) is 5.16. The minimum Gasteiger partial charge on any atom is -0.408 e. The van der Waals surface area contributed by atoms with Gasteiger partial charge in [-0.05, 0) is 43.2 Å². The summed E-state index contributed by atoms with van der Waals surface area (Å²) in [4.78, 5) is 28.1. The van der Waals surface area contributed by atoms with Gasteiger partial charge in [0.05, 0.1) is 22.6 Å². The molecule has 1 aliphatic rings. The van der Waals surface area contributed by atoms with Crippen LogP contribution in [0, 0.1) is 5.82 Å². The summed E-state index contributed by atoms with van der Waals surface area (Å²) >= 11 is 5.72. The van der Waals surface area contributed by atoms with Gasteiger partial charge in [-0.15, -0.1) is 0 Å². The van der Waals surface area contributed by atoms with E-state index in [2.05, 4.69) is 10.3 Å². The highest BCUT2D eigenvalue weighted by Gasteiger charge is 2.34. The highest BCUT2D eigenvalue weighted by atomic mass is 35.5. The normalized spacial score (nSPS) is 16.2. The SMILES string of the molecule is O=C(CC1(O)CCN(c2ccc(Cl)c(F)c2)CC1)Nc1ccc2[nH]c(=O)oc2c1. The number of amides is 1. The van der Waals surface area contributed by atoms with Crippen LogP contribution in [0.2, 0.25) is 5.02 Å². The lowest BCUT2D eigenvalue weighted by molar-refractivity contribution is -0.121. The van der Waals surface area contributed by atoms with E-state index in [1.54, 1.807) is 24.3 Å². The number of benzene rings is 2. The first-order chi connectivity index (χ1) is 13.8. The minimum atomic E-state index is -1.14. The molecule has 2 aromatic carbocycles. The molecule has 0 spiro atoms. The number of H-pyrrole nitrogens is 1. The highest BCUT2D eigenvalue weighted by molar-refractivity contribution is 6.30. The van der Waals surface area contributed by atoms with Gasteiger partial charge in [-0.1, -0.05) is 11.6 Å². The number of piperidine rings is 1. The summed E-state index contributed by atoms with van der Waals surface area (Å²) in [5.41, 5.74) is 0.909. The van der Waals surface area contributed by atoms with Crippen LogP contribution in [0.3, 0.4) is 0 Å². The van der Waals surface area contributed by atoms with Gasteiger partial charge in [0.2, 0.25) is 5.91 Å². The molecule has 2 heterocycles. The molecule has 0 bridgehead atoms. The number of nitrogens with one attached hydrogen (secondary N) is 2. The zero-order valence-corrected chi connectivity index (χ0v) is 16.1. The smallest absolute Gasteiger partial charge is 0.408 e. The second-order valence-electron chi connectivity index (χ2n) is 7.26. The lowest BCUT2D eigenvalue weighted by Crippen LogP contribution is -2.46. The molecule has 3 aromatic rings. The summed E-state index contributed by atoms with van der Waals surface area (Å²) in [6.45, 7) is 0.983. The molecule has 0 aliphatic carbocycles. The van der Waals surface area contributed by atoms with E-state index in [-0.39, 0.29) is 17.4 Å². The fraction of sp³-hybridized carbons (Fsp3) is 0.300. The van der Waals surface area contributed by atoms with Gasteiger partial charge in [0, 0.05) is 30.5 Å². The third kappa shape index (κ3) is 4.28. The van der Waals surface area contributed by atoms with E-state index in [9.17, 15) is 19.1 Å². The van der Waals surface area contributed by atoms with Gasteiger partial charge in [0.15, 0.2) is 5.58 Å². The Morgan fingerprint density at radius 1 is 1.28 bits per heavy atom. The van der Waals surface area contributed by atoms with Crippen molar-refractivity contribution in [3.05, 3.63) is 57.8 Å². The number of hydrogen-bond donors (Lipinski definition) is 3. The lowest BCUT2D eigenvalue weighted by atomic mass is 9.87. The summed E-state index contributed by atoms with van der Waals surface area (Å²) in [7, 11) is 0. The Kier molecular flexibility index (Phi) is 5.06. The number of halogens is 2. The first-order valence-corrected chi connectivity index (χ1v) is 9.54. The zero-order valence-electron chi connectivity index (χ0n) is 15.4. The Morgan fingerprint density at radius 3 is 2.76 bits per heavy atom. The largest absolute Gasteiger partial charge is 0.417 e. The van der Waals surface area contributed by atoms with Crippen molar-refractivity contribution in [2.45, 2.75) is 24.9 Å². The van der Waals surface area contributed by atoms with Gasteiger partial charge in [-0.3, -0.25) is 9.78 Å². The standard InChI is InChI=1S/C20H19ClFN3O4/c21-14-3-2-13(10-15(14)22)25-7-5-20(28,6-8-25)11-18(26)23-12-1-4-16-17(9-12)29-19(27)24-16/h1-4,9-10,28H,5-8,11H2,(H,23,26)(H,24,27). The molecule has 0 saturated carbocycles. The molecular weight excluding hydrogens is 401 g/mol. The van der Waals surface area contributed by atoms with Crippen LogP contribution >= 0.6 is 11.6 Å². The van der Waals surface area contributed by atoms with Crippen LogP contribution in [-0.2, 0) is 4.79 Å². The number of oxazole rings is 1. The first-order valence-electron chi connectivity index (χ1n) is 9.16. The average molecular weight is 420 g/mol. The van der Waals surface area contributed by atoms with Crippen molar-refractivity contribution in [1.82, 2.24) is 4.98 Å². The number of aromatic nitrogens is 1. The van der Waals surface area contributed by atoms with Crippen molar-refractivity contribution in [2.75, 3.05) is 23.3 Å². The minimum absolute atomic E-state index is 0.0645. The van der Waals surface area contributed by atoms with Gasteiger partial charge >= 0.3 is 5.76 Å². The van der Waals surface area contributed by atoms with E-state index in [0.29, 0.717) is 48.4 Å². The second kappa shape index (κ2) is 7.53. The molecule has 0 atom stereocenters. The van der Waals surface area contributed by atoms with Crippen LogP contribution in [0.25, 0.3) is 11.1 Å². The fourth-order valence-electron chi connectivity index (χ4n) is 3.57. The summed E-state index contributed by atoms with van der Waals surface area (Å²) in [6.07, 6.45) is 0.678. The maximum Gasteiger partial charge on any atom is 0.417 e. The van der Waals surface area contributed by atoms with E-state index in [1.165, 1.54) is 12.1 Å². The van der Waals surface area contributed by atoms with Gasteiger partial charge in [0.1, 0.15) is 5.82 Å². The molecule has 3 N–H and O–H groups in total. The van der Waals surface area contributed by atoms with E-state index in [0.717, 1.165) is 0 Å². The zero-order chi connectivity index (χ0) is 20.6. The molecule has 29 heavy (non-hydrogen) atoms. The Labute approximate surface area is 170 Å². The van der Waals surface area contributed by atoms with Crippen LogP contribution in [0.4, 0.5) is 15.8 Å². The van der Waals surface area contributed by atoms with E-state index < -0.39 is 17.2 Å². The summed E-state index contributed by atoms with van der Waals surface area (Å²) in [5, 5.41) is 13.6. The molecule has 0 radical (unpaired) electrons. The van der Waals surface area contributed by atoms with Crippen molar-refractivity contribution < 1.29 is 18.7 Å². The summed E-state index contributed by atoms with van der Waals surface area (Å²) in [6, 6.07) is 9.44. The number of aromatic amines is 1. The van der Waals surface area contributed by atoms with Crippen molar-refractivity contribution in [1.29, 1.82) is 0 Å². The monoisotopic (exact) mass is 419 g/mol. The van der Waals surface area contributed by atoms with Crippen molar-refractivity contribution >= 4 is 40.0 Å². The first kappa shape index (κ1) is 19.5. The Morgan fingerprint density at radius 2 is 2.03 bits per heavy atom. The molecule has 4 rings (SSSR count). The molecule has 7 nitrogen and oxygen atoms in total. The maximum atomic E-state index is 13.7. The van der Waals surface area contributed by atoms with Crippen molar-refractivity contribution in [3.63, 3.8) is 0 Å². The maximum absolute atomic E-state index is 13.7. The quantitative estimate of drug-likeness (QED) is 0.602. The van der Waals surface area contributed by atoms with Crippen LogP contribution in [-0.4, -0.2) is 34.7 Å². The molecule has 1 saturated heterocycles. The van der Waals surface area contributed by atoms with Crippen molar-refractivity contribution in [2.24, 2.45) is 0 Å². The molecule has 152 valence electrons.